The summed E-state index contributed by atoms with van der Waals surface area (Å²) >= 11 is 0. The highest BCUT2D eigenvalue weighted by molar-refractivity contribution is 5.97. The van der Waals surface area contributed by atoms with Crippen LogP contribution >= 0.6 is 0 Å². The van der Waals surface area contributed by atoms with Crippen LogP contribution in [-0.2, 0) is 4.79 Å². The molecule has 2 atom stereocenters. The summed E-state index contributed by atoms with van der Waals surface area (Å²) in [6.45, 7) is 7.55. The number of rotatable bonds is 7. The third-order valence-corrected chi connectivity index (χ3v) is 4.55. The number of methoxy groups -OCH3 is 1. The molecule has 2 rings (SSSR count). The van der Waals surface area contributed by atoms with Crippen LogP contribution in [0.1, 0.15) is 48.3 Å². The van der Waals surface area contributed by atoms with Crippen molar-refractivity contribution in [2.45, 2.75) is 39.8 Å². The van der Waals surface area contributed by atoms with Crippen molar-refractivity contribution >= 4 is 11.8 Å². The molecular formula is C22H27FN2O3. The van der Waals surface area contributed by atoms with E-state index in [0.29, 0.717) is 11.3 Å². The number of amides is 2. The Bertz CT molecular complexity index is 834. The van der Waals surface area contributed by atoms with Crippen LogP contribution in [-0.4, -0.2) is 25.0 Å². The molecule has 150 valence electrons. The molecular weight excluding hydrogens is 359 g/mol. The van der Waals surface area contributed by atoms with Gasteiger partial charge in [0.25, 0.3) is 5.91 Å². The maximum Gasteiger partial charge on any atom is 0.251 e. The van der Waals surface area contributed by atoms with Crippen LogP contribution in [0.2, 0.25) is 0 Å². The molecule has 2 aromatic rings. The number of hydrogen-bond donors (Lipinski definition) is 2. The van der Waals surface area contributed by atoms with Crippen molar-refractivity contribution in [2.75, 3.05) is 7.11 Å². The van der Waals surface area contributed by atoms with Crippen molar-refractivity contribution in [2.24, 2.45) is 5.92 Å². The van der Waals surface area contributed by atoms with Crippen molar-refractivity contribution < 1.29 is 18.7 Å². The van der Waals surface area contributed by atoms with Crippen molar-refractivity contribution in [3.8, 4) is 5.75 Å². The van der Waals surface area contributed by atoms with E-state index in [4.69, 9.17) is 4.74 Å². The quantitative estimate of drug-likeness (QED) is 0.761. The lowest BCUT2D eigenvalue weighted by Gasteiger charge is -2.25. The fraction of sp³-hybridized carbons (Fsp3) is 0.364. The molecule has 0 heterocycles. The van der Waals surface area contributed by atoms with Gasteiger partial charge < -0.3 is 15.4 Å². The van der Waals surface area contributed by atoms with Crippen molar-refractivity contribution in [3.05, 3.63) is 65.0 Å². The second-order valence-electron chi connectivity index (χ2n) is 7.18. The minimum atomic E-state index is -0.726. The molecule has 0 radical (unpaired) electrons. The Morgan fingerprint density at radius 2 is 1.64 bits per heavy atom. The number of carbonyl (C=O) groups is 2. The first-order chi connectivity index (χ1) is 13.2. The molecule has 2 aromatic carbocycles. The van der Waals surface area contributed by atoms with E-state index in [-0.39, 0.29) is 17.9 Å². The largest absolute Gasteiger partial charge is 0.496 e. The fourth-order valence-corrected chi connectivity index (χ4v) is 2.93. The summed E-state index contributed by atoms with van der Waals surface area (Å²) in [6, 6.07) is 9.95. The number of aryl methyl sites for hydroxylation is 1. The molecule has 0 saturated carbocycles. The molecule has 2 unspecified atom stereocenters. The minimum Gasteiger partial charge on any atom is -0.496 e. The number of ether oxygens (including phenoxy) is 1. The lowest BCUT2D eigenvalue weighted by molar-refractivity contribution is -0.124. The first kappa shape index (κ1) is 21.4. The van der Waals surface area contributed by atoms with E-state index >= 15 is 0 Å². The lowest BCUT2D eigenvalue weighted by Crippen LogP contribution is -2.50. The van der Waals surface area contributed by atoms with E-state index in [1.165, 1.54) is 24.3 Å². The highest BCUT2D eigenvalue weighted by Gasteiger charge is 2.26. The summed E-state index contributed by atoms with van der Waals surface area (Å²) in [5.74, 6) is -0.572. The minimum absolute atomic E-state index is 0.129. The van der Waals surface area contributed by atoms with E-state index in [2.05, 4.69) is 10.6 Å². The van der Waals surface area contributed by atoms with E-state index in [9.17, 15) is 14.0 Å². The van der Waals surface area contributed by atoms with Gasteiger partial charge in [0.15, 0.2) is 0 Å². The highest BCUT2D eigenvalue weighted by atomic mass is 19.1. The SMILES string of the molecule is COc1ccc(C)cc1C(C)NC(=O)C(NC(=O)c1ccc(F)cc1)C(C)C. The summed E-state index contributed by atoms with van der Waals surface area (Å²) < 4.78 is 18.4. The van der Waals surface area contributed by atoms with Gasteiger partial charge in [-0.1, -0.05) is 31.5 Å². The molecule has 0 bridgehead atoms. The molecule has 0 fully saturated rings. The van der Waals surface area contributed by atoms with Gasteiger partial charge in [0.05, 0.1) is 13.2 Å². The zero-order valence-corrected chi connectivity index (χ0v) is 16.9. The van der Waals surface area contributed by atoms with Crippen LogP contribution in [0.15, 0.2) is 42.5 Å². The predicted molar refractivity (Wildman–Crippen MR) is 107 cm³/mol. The van der Waals surface area contributed by atoms with Crippen LogP contribution < -0.4 is 15.4 Å². The monoisotopic (exact) mass is 386 g/mol. The second-order valence-corrected chi connectivity index (χ2v) is 7.18. The van der Waals surface area contributed by atoms with E-state index in [1.54, 1.807) is 7.11 Å². The van der Waals surface area contributed by atoms with Gasteiger partial charge in [-0.2, -0.15) is 0 Å². The summed E-state index contributed by atoms with van der Waals surface area (Å²) in [6.07, 6.45) is 0. The Labute approximate surface area is 165 Å². The molecule has 2 amide bonds. The highest BCUT2D eigenvalue weighted by Crippen LogP contribution is 2.26. The Balaban J connectivity index is 2.13. The molecule has 0 spiro atoms. The lowest BCUT2D eigenvalue weighted by atomic mass is 10.0. The van der Waals surface area contributed by atoms with Crippen LogP contribution in [0.25, 0.3) is 0 Å². The van der Waals surface area contributed by atoms with Gasteiger partial charge >= 0.3 is 0 Å². The Hall–Kier alpha value is -2.89. The third kappa shape index (κ3) is 5.31. The zero-order chi connectivity index (χ0) is 20.8. The number of benzene rings is 2. The number of hydrogen-bond acceptors (Lipinski definition) is 3. The fourth-order valence-electron chi connectivity index (χ4n) is 2.93. The molecule has 6 heteroatoms. The van der Waals surface area contributed by atoms with Crippen LogP contribution in [0.5, 0.6) is 5.75 Å². The summed E-state index contributed by atoms with van der Waals surface area (Å²) in [5, 5.41) is 5.70. The Morgan fingerprint density at radius 3 is 2.21 bits per heavy atom. The van der Waals surface area contributed by atoms with Crippen molar-refractivity contribution in [1.29, 1.82) is 0 Å². The molecule has 0 saturated heterocycles. The van der Waals surface area contributed by atoms with Gasteiger partial charge in [-0.3, -0.25) is 9.59 Å². The first-order valence-electron chi connectivity index (χ1n) is 9.24. The molecule has 2 N–H and O–H groups in total. The average molecular weight is 386 g/mol. The maximum atomic E-state index is 13.1. The van der Waals surface area contributed by atoms with E-state index in [0.717, 1.165) is 11.1 Å². The molecule has 0 aromatic heterocycles. The summed E-state index contributed by atoms with van der Waals surface area (Å²) in [7, 11) is 1.59. The first-order valence-corrected chi connectivity index (χ1v) is 9.24. The van der Waals surface area contributed by atoms with Crippen LogP contribution in [0.4, 0.5) is 4.39 Å². The predicted octanol–water partition coefficient (Wildman–Crippen LogP) is 3.77. The normalized spacial score (nSPS) is 13.0. The third-order valence-electron chi connectivity index (χ3n) is 4.55. The number of carbonyl (C=O) groups excluding carboxylic acids is 2. The smallest absolute Gasteiger partial charge is 0.251 e. The van der Waals surface area contributed by atoms with Gasteiger partial charge in [0.1, 0.15) is 17.6 Å². The number of nitrogens with one attached hydrogen (secondary N) is 2. The standard InChI is InChI=1S/C22H27FN2O3/c1-13(2)20(25-21(26)16-7-9-17(23)10-8-16)22(27)24-15(4)18-12-14(3)6-11-19(18)28-5/h6-13,15,20H,1-5H3,(H,24,27)(H,25,26). The van der Waals surface area contributed by atoms with Crippen LogP contribution in [0.3, 0.4) is 0 Å². The number of halogens is 1. The Kier molecular flexibility index (Phi) is 7.15. The van der Waals surface area contributed by atoms with Gasteiger partial charge in [0, 0.05) is 11.1 Å². The zero-order valence-electron chi connectivity index (χ0n) is 16.9. The average Bonchev–Trinajstić information content (AvgIpc) is 2.65. The van der Waals surface area contributed by atoms with Gasteiger partial charge in [-0.05, 0) is 50.1 Å². The molecule has 0 aliphatic heterocycles. The van der Waals surface area contributed by atoms with Crippen molar-refractivity contribution in [1.82, 2.24) is 10.6 Å². The summed E-state index contributed by atoms with van der Waals surface area (Å²) in [5.41, 5.74) is 2.22. The van der Waals surface area contributed by atoms with Gasteiger partial charge in [-0.15, -0.1) is 0 Å². The molecule has 5 nitrogen and oxygen atoms in total. The van der Waals surface area contributed by atoms with Gasteiger partial charge in [-0.25, -0.2) is 4.39 Å². The molecule has 28 heavy (non-hydrogen) atoms. The van der Waals surface area contributed by atoms with Crippen LogP contribution in [0, 0.1) is 18.7 Å². The van der Waals surface area contributed by atoms with Crippen molar-refractivity contribution in [3.63, 3.8) is 0 Å². The topological polar surface area (TPSA) is 67.4 Å². The second kappa shape index (κ2) is 9.35. The summed E-state index contributed by atoms with van der Waals surface area (Å²) in [4.78, 5) is 25.3. The molecule has 0 aliphatic rings. The van der Waals surface area contributed by atoms with Gasteiger partial charge in [0.2, 0.25) is 5.91 Å². The van der Waals surface area contributed by atoms with E-state index in [1.807, 2.05) is 45.9 Å². The molecule has 0 aliphatic carbocycles. The maximum absolute atomic E-state index is 13.1. The van der Waals surface area contributed by atoms with E-state index < -0.39 is 17.8 Å². The Morgan fingerprint density at radius 1 is 1.00 bits per heavy atom.